The molecule has 0 atom stereocenters. The van der Waals surface area contributed by atoms with E-state index in [4.69, 9.17) is 0 Å². The quantitative estimate of drug-likeness (QED) is 0.640. The van der Waals surface area contributed by atoms with E-state index in [2.05, 4.69) is 31.8 Å². The van der Waals surface area contributed by atoms with Crippen LogP contribution in [0.5, 0.6) is 0 Å². The van der Waals surface area contributed by atoms with Crippen molar-refractivity contribution in [3.8, 4) is 0 Å². The Morgan fingerprint density at radius 1 is 1.45 bits per heavy atom. The topological polar surface area (TPSA) is 53.5 Å². The largest absolute Gasteiger partial charge is 0.376 e. The Hall–Kier alpha value is -1.66. The van der Waals surface area contributed by atoms with E-state index in [0.717, 1.165) is 20.6 Å². The molecular formula is C14H14BrN3OS. The zero-order chi connectivity index (χ0) is 14.4. The number of rotatable bonds is 5. The molecule has 0 radical (unpaired) electrons. The lowest BCUT2D eigenvalue weighted by Gasteiger charge is -2.05. The SMILES string of the molecule is Cc1cccc(NCC(=O)NN=Cc2cc(Br)cs2)c1. The highest BCUT2D eigenvalue weighted by Gasteiger charge is 1.99. The summed E-state index contributed by atoms with van der Waals surface area (Å²) in [4.78, 5) is 12.6. The molecule has 1 aromatic heterocycles. The third-order valence-corrected chi connectivity index (χ3v) is 4.07. The lowest BCUT2D eigenvalue weighted by molar-refractivity contribution is -0.119. The third kappa shape index (κ3) is 4.79. The summed E-state index contributed by atoms with van der Waals surface area (Å²) in [5, 5.41) is 8.92. The van der Waals surface area contributed by atoms with Crippen molar-refractivity contribution in [3.05, 3.63) is 50.6 Å². The first-order valence-corrected chi connectivity index (χ1v) is 7.67. The molecule has 0 aliphatic rings. The van der Waals surface area contributed by atoms with Gasteiger partial charge in [0.2, 0.25) is 0 Å². The number of thiophene rings is 1. The fraction of sp³-hybridized carbons (Fsp3) is 0.143. The van der Waals surface area contributed by atoms with Gasteiger partial charge in [0.05, 0.1) is 12.8 Å². The number of anilines is 1. The average molecular weight is 352 g/mol. The van der Waals surface area contributed by atoms with Crippen LogP contribution in [0.3, 0.4) is 0 Å². The number of amides is 1. The molecule has 1 aromatic carbocycles. The number of hydrogen-bond donors (Lipinski definition) is 2. The van der Waals surface area contributed by atoms with Crippen LogP contribution in [0.4, 0.5) is 5.69 Å². The summed E-state index contributed by atoms with van der Waals surface area (Å²) < 4.78 is 1.01. The first kappa shape index (κ1) is 14.7. The molecule has 0 unspecified atom stereocenters. The maximum atomic E-state index is 11.6. The summed E-state index contributed by atoms with van der Waals surface area (Å²) in [7, 11) is 0. The third-order valence-electron chi connectivity index (χ3n) is 2.44. The van der Waals surface area contributed by atoms with Gasteiger partial charge >= 0.3 is 0 Å². The van der Waals surface area contributed by atoms with Crippen LogP contribution in [0.15, 0.2) is 45.3 Å². The molecule has 0 bridgehead atoms. The second-order valence-electron chi connectivity index (χ2n) is 4.18. The highest BCUT2D eigenvalue weighted by molar-refractivity contribution is 9.10. The standard InChI is InChI=1S/C14H14BrN3OS/c1-10-3-2-4-12(5-10)16-8-14(19)18-17-7-13-6-11(15)9-20-13/h2-7,9,16H,8H2,1H3,(H,18,19). The zero-order valence-electron chi connectivity index (χ0n) is 10.9. The van der Waals surface area contributed by atoms with Crippen LogP contribution in [0, 0.1) is 6.92 Å². The average Bonchev–Trinajstić information content (AvgIpc) is 2.82. The Kier molecular flexibility index (Phi) is 5.31. The van der Waals surface area contributed by atoms with E-state index in [1.165, 1.54) is 0 Å². The van der Waals surface area contributed by atoms with E-state index in [-0.39, 0.29) is 12.5 Å². The van der Waals surface area contributed by atoms with Gasteiger partial charge in [-0.15, -0.1) is 11.3 Å². The maximum Gasteiger partial charge on any atom is 0.259 e. The molecule has 1 heterocycles. The summed E-state index contributed by atoms with van der Waals surface area (Å²) >= 11 is 4.91. The van der Waals surface area contributed by atoms with Crippen molar-refractivity contribution in [1.82, 2.24) is 5.43 Å². The van der Waals surface area contributed by atoms with Crippen molar-refractivity contribution in [2.45, 2.75) is 6.92 Å². The lowest BCUT2D eigenvalue weighted by Crippen LogP contribution is -2.25. The van der Waals surface area contributed by atoms with Gasteiger partial charge in [0, 0.05) is 20.4 Å². The van der Waals surface area contributed by atoms with Crippen molar-refractivity contribution in [2.75, 3.05) is 11.9 Å². The molecular weight excluding hydrogens is 338 g/mol. The number of aryl methyl sites for hydroxylation is 1. The zero-order valence-corrected chi connectivity index (χ0v) is 13.3. The summed E-state index contributed by atoms with van der Waals surface area (Å²) in [5.74, 6) is -0.182. The minimum atomic E-state index is -0.182. The monoisotopic (exact) mass is 351 g/mol. The Balaban J connectivity index is 1.77. The van der Waals surface area contributed by atoms with Crippen LogP contribution in [0.2, 0.25) is 0 Å². The lowest BCUT2D eigenvalue weighted by atomic mass is 10.2. The fourth-order valence-corrected chi connectivity index (χ4v) is 2.84. The summed E-state index contributed by atoms with van der Waals surface area (Å²) in [5.41, 5.74) is 4.56. The molecule has 20 heavy (non-hydrogen) atoms. The van der Waals surface area contributed by atoms with Crippen LogP contribution in [0.25, 0.3) is 0 Å². The molecule has 4 nitrogen and oxygen atoms in total. The van der Waals surface area contributed by atoms with Crippen molar-refractivity contribution >= 4 is 45.1 Å². The van der Waals surface area contributed by atoms with Gasteiger partial charge in [0.25, 0.3) is 5.91 Å². The number of hydrogen-bond acceptors (Lipinski definition) is 4. The van der Waals surface area contributed by atoms with Gasteiger partial charge in [-0.3, -0.25) is 4.79 Å². The Bertz CT molecular complexity index is 624. The van der Waals surface area contributed by atoms with E-state index >= 15 is 0 Å². The van der Waals surface area contributed by atoms with Gasteiger partial charge in [0.1, 0.15) is 0 Å². The predicted octanol–water partition coefficient (Wildman–Crippen LogP) is 3.38. The number of nitrogens with one attached hydrogen (secondary N) is 2. The molecule has 0 saturated heterocycles. The Labute approximate surface area is 130 Å². The summed E-state index contributed by atoms with van der Waals surface area (Å²) in [6.07, 6.45) is 1.62. The van der Waals surface area contributed by atoms with E-state index in [1.807, 2.05) is 42.6 Å². The van der Waals surface area contributed by atoms with Gasteiger partial charge in [0.15, 0.2) is 0 Å². The van der Waals surface area contributed by atoms with Crippen LogP contribution in [-0.2, 0) is 4.79 Å². The Morgan fingerprint density at radius 2 is 2.30 bits per heavy atom. The molecule has 2 rings (SSSR count). The van der Waals surface area contributed by atoms with Crippen molar-refractivity contribution in [3.63, 3.8) is 0 Å². The number of carbonyl (C=O) groups excluding carboxylic acids is 1. The van der Waals surface area contributed by atoms with Crippen molar-refractivity contribution in [2.24, 2.45) is 5.10 Å². The van der Waals surface area contributed by atoms with Crippen molar-refractivity contribution in [1.29, 1.82) is 0 Å². The predicted molar refractivity (Wildman–Crippen MR) is 87.4 cm³/mol. The van der Waals surface area contributed by atoms with Crippen LogP contribution < -0.4 is 10.7 Å². The van der Waals surface area contributed by atoms with Crippen LogP contribution >= 0.6 is 27.3 Å². The van der Waals surface area contributed by atoms with Crippen molar-refractivity contribution < 1.29 is 4.79 Å². The van der Waals surface area contributed by atoms with Gasteiger partial charge in [-0.1, -0.05) is 12.1 Å². The summed E-state index contributed by atoms with van der Waals surface area (Å²) in [6, 6.07) is 9.80. The maximum absolute atomic E-state index is 11.6. The minimum absolute atomic E-state index is 0.182. The second-order valence-corrected chi connectivity index (χ2v) is 6.04. The smallest absolute Gasteiger partial charge is 0.259 e. The number of carbonyl (C=O) groups is 1. The van der Waals surface area contributed by atoms with Gasteiger partial charge in [-0.05, 0) is 46.6 Å². The Morgan fingerprint density at radius 3 is 3.00 bits per heavy atom. The fourth-order valence-electron chi connectivity index (χ4n) is 1.54. The first-order chi connectivity index (χ1) is 9.63. The molecule has 6 heteroatoms. The summed E-state index contributed by atoms with van der Waals surface area (Å²) in [6.45, 7) is 2.20. The van der Waals surface area contributed by atoms with E-state index in [0.29, 0.717) is 0 Å². The van der Waals surface area contributed by atoms with E-state index in [1.54, 1.807) is 17.6 Å². The molecule has 0 aliphatic carbocycles. The van der Waals surface area contributed by atoms with E-state index in [9.17, 15) is 4.79 Å². The molecule has 2 N–H and O–H groups in total. The molecule has 104 valence electrons. The normalized spacial score (nSPS) is 10.7. The number of halogens is 1. The molecule has 2 aromatic rings. The van der Waals surface area contributed by atoms with E-state index < -0.39 is 0 Å². The highest BCUT2D eigenvalue weighted by atomic mass is 79.9. The van der Waals surface area contributed by atoms with Crippen LogP contribution in [-0.4, -0.2) is 18.7 Å². The van der Waals surface area contributed by atoms with Gasteiger partial charge < -0.3 is 5.32 Å². The number of benzene rings is 1. The molecule has 0 aliphatic heterocycles. The molecule has 0 spiro atoms. The molecule has 0 saturated carbocycles. The van der Waals surface area contributed by atoms with Crippen LogP contribution in [0.1, 0.15) is 10.4 Å². The first-order valence-electron chi connectivity index (χ1n) is 6.00. The minimum Gasteiger partial charge on any atom is -0.376 e. The highest BCUT2D eigenvalue weighted by Crippen LogP contribution is 2.17. The molecule has 0 fully saturated rings. The molecule has 1 amide bonds. The van der Waals surface area contributed by atoms with Gasteiger partial charge in [-0.2, -0.15) is 5.10 Å². The number of nitrogens with zero attached hydrogens (tertiary/aromatic N) is 1. The van der Waals surface area contributed by atoms with Gasteiger partial charge in [-0.25, -0.2) is 5.43 Å². The number of hydrazone groups is 1. The second kappa shape index (κ2) is 7.21.